The fraction of sp³-hybridized carbons (Fsp3) is 0.739. The second-order valence-electron chi connectivity index (χ2n) is 8.51. The number of hydrogen-bond donors (Lipinski definition) is 1. The van der Waals surface area contributed by atoms with E-state index in [-0.39, 0.29) is 18.0 Å². The van der Waals surface area contributed by atoms with Crippen LogP contribution in [0.25, 0.3) is 0 Å². The second-order valence-corrected chi connectivity index (χ2v) is 8.51. The standard InChI is InChI=1S/C23H34F2O2/c1-3-5-19-13-12-18-14-17(21(24)22(25)23(18)27-19)11-8-15-6-9-16(10-7-15)20(26)4-2/h14-16,19-20,26H,3-13H2,1-2H3. The van der Waals surface area contributed by atoms with Crippen LogP contribution in [0.4, 0.5) is 8.78 Å². The van der Waals surface area contributed by atoms with Gasteiger partial charge in [-0.05, 0) is 80.4 Å². The molecule has 0 bridgehead atoms. The first-order valence-electron chi connectivity index (χ1n) is 10.9. The molecule has 1 aliphatic carbocycles. The molecule has 1 saturated carbocycles. The molecule has 2 nitrogen and oxygen atoms in total. The van der Waals surface area contributed by atoms with Crippen molar-refractivity contribution in [2.24, 2.45) is 11.8 Å². The van der Waals surface area contributed by atoms with Crippen LogP contribution >= 0.6 is 0 Å². The van der Waals surface area contributed by atoms with Gasteiger partial charge in [0, 0.05) is 0 Å². The summed E-state index contributed by atoms with van der Waals surface area (Å²) in [6.45, 7) is 4.10. The number of fused-ring (bicyclic) bond motifs is 1. The Hall–Kier alpha value is -1.16. The van der Waals surface area contributed by atoms with Crippen molar-refractivity contribution in [2.75, 3.05) is 0 Å². The second kappa shape index (κ2) is 9.36. The average Bonchev–Trinajstić information content (AvgIpc) is 2.70. The number of aryl methyl sites for hydroxylation is 2. The Morgan fingerprint density at radius 1 is 1.07 bits per heavy atom. The molecule has 2 aliphatic rings. The van der Waals surface area contributed by atoms with E-state index in [4.69, 9.17) is 4.74 Å². The molecule has 3 rings (SSSR count). The van der Waals surface area contributed by atoms with E-state index in [2.05, 4.69) is 6.92 Å². The summed E-state index contributed by atoms with van der Waals surface area (Å²) in [4.78, 5) is 0. The van der Waals surface area contributed by atoms with Gasteiger partial charge in [0.15, 0.2) is 11.6 Å². The minimum absolute atomic E-state index is 0.0101. The number of aliphatic hydroxyl groups excluding tert-OH is 1. The normalized spacial score (nSPS) is 26.3. The van der Waals surface area contributed by atoms with Crippen molar-refractivity contribution in [1.29, 1.82) is 0 Å². The van der Waals surface area contributed by atoms with Gasteiger partial charge in [0.05, 0.1) is 12.2 Å². The van der Waals surface area contributed by atoms with E-state index < -0.39 is 11.6 Å². The van der Waals surface area contributed by atoms with E-state index >= 15 is 0 Å². The van der Waals surface area contributed by atoms with Crippen LogP contribution in [-0.2, 0) is 12.8 Å². The third-order valence-corrected chi connectivity index (χ3v) is 6.62. The first-order valence-corrected chi connectivity index (χ1v) is 10.9. The van der Waals surface area contributed by atoms with Gasteiger partial charge >= 0.3 is 0 Å². The molecular weight excluding hydrogens is 346 g/mol. The van der Waals surface area contributed by atoms with Crippen LogP contribution in [0.15, 0.2) is 6.07 Å². The molecule has 152 valence electrons. The molecule has 4 heteroatoms. The van der Waals surface area contributed by atoms with Gasteiger partial charge in [-0.3, -0.25) is 0 Å². The first-order chi connectivity index (χ1) is 13.0. The van der Waals surface area contributed by atoms with Gasteiger partial charge in [0.25, 0.3) is 0 Å². The third kappa shape index (κ3) is 4.82. The third-order valence-electron chi connectivity index (χ3n) is 6.62. The molecule has 1 heterocycles. The number of benzene rings is 1. The van der Waals surface area contributed by atoms with Crippen molar-refractivity contribution in [1.82, 2.24) is 0 Å². The van der Waals surface area contributed by atoms with Crippen molar-refractivity contribution in [3.8, 4) is 5.75 Å². The van der Waals surface area contributed by atoms with Crippen LogP contribution in [-0.4, -0.2) is 17.3 Å². The summed E-state index contributed by atoms with van der Waals surface area (Å²) in [5.74, 6) is -0.402. The fourth-order valence-electron chi connectivity index (χ4n) is 4.84. The molecule has 1 aromatic rings. The van der Waals surface area contributed by atoms with Gasteiger partial charge in [-0.25, -0.2) is 4.39 Å². The van der Waals surface area contributed by atoms with Crippen LogP contribution in [0.3, 0.4) is 0 Å². The molecule has 0 aromatic heterocycles. The summed E-state index contributed by atoms with van der Waals surface area (Å²) in [5, 5.41) is 10.0. The van der Waals surface area contributed by atoms with Crippen LogP contribution in [0.1, 0.15) is 82.8 Å². The molecule has 1 fully saturated rings. The number of hydrogen-bond acceptors (Lipinski definition) is 2. The van der Waals surface area contributed by atoms with Crippen molar-refractivity contribution >= 4 is 0 Å². The van der Waals surface area contributed by atoms with Crippen molar-refractivity contribution < 1.29 is 18.6 Å². The number of rotatable bonds is 7. The van der Waals surface area contributed by atoms with Crippen LogP contribution in [0.2, 0.25) is 0 Å². The van der Waals surface area contributed by atoms with Crippen LogP contribution in [0.5, 0.6) is 5.75 Å². The Balaban J connectivity index is 1.59. The first kappa shape index (κ1) is 20.6. The molecule has 1 aromatic carbocycles. The molecule has 0 saturated heterocycles. The quantitative estimate of drug-likeness (QED) is 0.631. The Labute approximate surface area is 162 Å². The molecule has 2 atom stereocenters. The van der Waals surface area contributed by atoms with Gasteiger partial charge in [0.2, 0.25) is 5.82 Å². The number of halogens is 2. The number of aliphatic hydroxyl groups is 1. The van der Waals surface area contributed by atoms with E-state index in [9.17, 15) is 13.9 Å². The molecule has 27 heavy (non-hydrogen) atoms. The predicted octanol–water partition coefficient (Wildman–Crippen LogP) is 5.97. The summed E-state index contributed by atoms with van der Waals surface area (Å²) < 4.78 is 34.9. The van der Waals surface area contributed by atoms with E-state index in [0.29, 0.717) is 23.8 Å². The van der Waals surface area contributed by atoms with E-state index in [1.54, 1.807) is 0 Å². The molecule has 1 N–H and O–H groups in total. The summed E-state index contributed by atoms with van der Waals surface area (Å²) >= 11 is 0. The highest BCUT2D eigenvalue weighted by Crippen LogP contribution is 2.37. The van der Waals surface area contributed by atoms with E-state index in [1.807, 2.05) is 13.0 Å². The minimum Gasteiger partial charge on any atom is -0.487 e. The topological polar surface area (TPSA) is 29.5 Å². The lowest BCUT2D eigenvalue weighted by Gasteiger charge is -2.31. The lowest BCUT2D eigenvalue weighted by Crippen LogP contribution is -2.25. The van der Waals surface area contributed by atoms with Gasteiger partial charge in [-0.1, -0.05) is 33.1 Å². The van der Waals surface area contributed by atoms with Crippen molar-refractivity contribution in [3.05, 3.63) is 28.8 Å². The van der Waals surface area contributed by atoms with Crippen LogP contribution < -0.4 is 4.74 Å². The molecular formula is C23H34F2O2. The van der Waals surface area contributed by atoms with E-state index in [1.165, 1.54) is 0 Å². The van der Waals surface area contributed by atoms with Crippen LogP contribution in [0, 0.1) is 23.5 Å². The number of ether oxygens (including phenoxy) is 1. The summed E-state index contributed by atoms with van der Waals surface area (Å²) in [5.41, 5.74) is 1.32. The maximum atomic E-state index is 14.6. The molecule has 0 amide bonds. The Bertz CT molecular complexity index is 623. The highest BCUT2D eigenvalue weighted by molar-refractivity contribution is 5.41. The Morgan fingerprint density at radius 2 is 1.81 bits per heavy atom. The zero-order valence-electron chi connectivity index (χ0n) is 16.8. The highest BCUT2D eigenvalue weighted by Gasteiger charge is 2.28. The highest BCUT2D eigenvalue weighted by atomic mass is 19.2. The van der Waals surface area contributed by atoms with Gasteiger partial charge < -0.3 is 9.84 Å². The average molecular weight is 381 g/mol. The Morgan fingerprint density at radius 3 is 2.48 bits per heavy atom. The maximum Gasteiger partial charge on any atom is 0.201 e. The molecule has 1 aliphatic heterocycles. The minimum atomic E-state index is -0.793. The summed E-state index contributed by atoms with van der Waals surface area (Å²) in [7, 11) is 0. The van der Waals surface area contributed by atoms with Gasteiger partial charge in [-0.15, -0.1) is 0 Å². The smallest absolute Gasteiger partial charge is 0.201 e. The largest absolute Gasteiger partial charge is 0.487 e. The van der Waals surface area contributed by atoms with Crippen molar-refractivity contribution in [2.45, 2.75) is 96.7 Å². The van der Waals surface area contributed by atoms with Gasteiger partial charge in [0.1, 0.15) is 0 Å². The lowest BCUT2D eigenvalue weighted by atomic mass is 9.77. The van der Waals surface area contributed by atoms with Crippen molar-refractivity contribution in [3.63, 3.8) is 0 Å². The SMILES string of the molecule is CCCC1CCc2cc(CCC3CCC(C(O)CC)CC3)c(F)c(F)c2O1. The monoisotopic (exact) mass is 380 g/mol. The zero-order valence-corrected chi connectivity index (χ0v) is 16.8. The molecule has 2 unspecified atom stereocenters. The summed E-state index contributed by atoms with van der Waals surface area (Å²) in [6.07, 6.45) is 9.90. The van der Waals surface area contributed by atoms with Gasteiger partial charge in [-0.2, -0.15) is 4.39 Å². The zero-order chi connectivity index (χ0) is 19.4. The molecule has 0 radical (unpaired) electrons. The summed E-state index contributed by atoms with van der Waals surface area (Å²) in [6, 6.07) is 1.84. The Kier molecular flexibility index (Phi) is 7.13. The predicted molar refractivity (Wildman–Crippen MR) is 104 cm³/mol. The fourth-order valence-corrected chi connectivity index (χ4v) is 4.84. The molecule has 0 spiro atoms. The maximum absolute atomic E-state index is 14.6. The lowest BCUT2D eigenvalue weighted by molar-refractivity contribution is 0.0697. The van der Waals surface area contributed by atoms with E-state index in [0.717, 1.165) is 69.8 Å².